The van der Waals surface area contributed by atoms with E-state index >= 15 is 0 Å². The first-order valence-electron chi connectivity index (χ1n) is 5.65. The molecule has 0 spiro atoms. The van der Waals surface area contributed by atoms with Gasteiger partial charge in [-0.05, 0) is 68.3 Å². The van der Waals surface area contributed by atoms with E-state index in [2.05, 4.69) is 38.5 Å². The van der Waals surface area contributed by atoms with Crippen LogP contribution in [0, 0.1) is 15.2 Å². The molecule has 0 aliphatic rings. The predicted molar refractivity (Wildman–Crippen MR) is 86.9 cm³/mol. The van der Waals surface area contributed by atoms with Gasteiger partial charge in [0.15, 0.2) is 0 Å². The second-order valence-electron chi connectivity index (χ2n) is 4.22. The maximum absolute atomic E-state index is 13.9. The first-order chi connectivity index (χ1) is 9.40. The van der Waals surface area contributed by atoms with Gasteiger partial charge in [0.05, 0.1) is 15.6 Å². The minimum atomic E-state index is -1.03. The zero-order chi connectivity index (χ0) is 14.9. The fourth-order valence-corrected chi connectivity index (χ4v) is 2.68. The fourth-order valence-electron chi connectivity index (χ4n) is 1.79. The molecule has 106 valence electrons. The maximum atomic E-state index is 13.9. The molecule has 0 radical (unpaired) electrons. The van der Waals surface area contributed by atoms with Gasteiger partial charge in [-0.2, -0.15) is 0 Å². The zero-order valence-corrected chi connectivity index (χ0v) is 14.5. The molecule has 0 bridgehead atoms. The van der Waals surface area contributed by atoms with Gasteiger partial charge in [-0.3, -0.25) is 0 Å². The van der Waals surface area contributed by atoms with Crippen LogP contribution in [0.1, 0.15) is 17.2 Å². The van der Waals surface area contributed by atoms with Crippen LogP contribution < -0.4 is 0 Å². The Morgan fingerprint density at radius 3 is 2.60 bits per heavy atom. The smallest absolute Gasteiger partial charge is 0.143 e. The van der Waals surface area contributed by atoms with Crippen LogP contribution in [0.15, 0.2) is 34.8 Å². The van der Waals surface area contributed by atoms with Crippen LogP contribution in [0.3, 0.4) is 0 Å². The number of hydrogen-bond acceptors (Lipinski definition) is 1. The molecule has 2 rings (SSSR count). The lowest BCUT2D eigenvalue weighted by Crippen LogP contribution is -2.06. The van der Waals surface area contributed by atoms with Crippen LogP contribution in [0.25, 0.3) is 0 Å². The number of rotatable bonds is 3. The van der Waals surface area contributed by atoms with E-state index in [-0.39, 0.29) is 16.5 Å². The molecule has 2 aromatic rings. The van der Waals surface area contributed by atoms with Gasteiger partial charge in [-0.25, -0.2) is 8.78 Å². The molecule has 1 unspecified atom stereocenters. The lowest BCUT2D eigenvalue weighted by molar-refractivity contribution is 0.175. The largest absolute Gasteiger partial charge is 0.388 e. The van der Waals surface area contributed by atoms with E-state index in [0.29, 0.717) is 10.6 Å². The van der Waals surface area contributed by atoms with Crippen LogP contribution in [0.2, 0.25) is 5.02 Å². The fraction of sp³-hybridized carbons (Fsp3) is 0.143. The minimum Gasteiger partial charge on any atom is -0.388 e. The second-order valence-corrected chi connectivity index (χ2v) is 6.64. The van der Waals surface area contributed by atoms with E-state index in [1.54, 1.807) is 18.2 Å². The number of aliphatic hydroxyl groups excluding tert-OH is 1. The van der Waals surface area contributed by atoms with Crippen LogP contribution in [-0.2, 0) is 6.42 Å². The molecule has 0 fully saturated rings. The highest BCUT2D eigenvalue weighted by Gasteiger charge is 2.18. The van der Waals surface area contributed by atoms with E-state index in [0.717, 1.165) is 9.64 Å². The first-order valence-corrected chi connectivity index (χ1v) is 7.90. The van der Waals surface area contributed by atoms with Crippen molar-refractivity contribution in [2.45, 2.75) is 12.5 Å². The van der Waals surface area contributed by atoms with Crippen molar-refractivity contribution < 1.29 is 13.9 Å². The van der Waals surface area contributed by atoms with E-state index < -0.39 is 17.7 Å². The maximum Gasteiger partial charge on any atom is 0.143 e. The van der Waals surface area contributed by atoms with E-state index in [9.17, 15) is 13.9 Å². The number of halogens is 5. The summed E-state index contributed by atoms with van der Waals surface area (Å²) in [5.41, 5.74) is 0.371. The summed E-state index contributed by atoms with van der Waals surface area (Å²) in [7, 11) is 0. The standard InChI is InChI=1S/C14H9BrClF2IO/c15-9-2-3-11(17)8(14(9)18)6-13(20)7-1-4-12(19)10(16)5-7/h1-5,13,20H,6H2. The Bertz CT molecular complexity index is 651. The lowest BCUT2D eigenvalue weighted by atomic mass is 10.0. The van der Waals surface area contributed by atoms with Crippen LogP contribution >= 0.6 is 50.1 Å². The molecule has 1 atom stereocenters. The first kappa shape index (κ1) is 16.1. The van der Waals surface area contributed by atoms with E-state index in [1.165, 1.54) is 6.07 Å². The molecule has 0 aliphatic heterocycles. The van der Waals surface area contributed by atoms with Crippen molar-refractivity contribution in [2.24, 2.45) is 0 Å². The summed E-state index contributed by atoms with van der Waals surface area (Å²) < 4.78 is 28.5. The molecule has 0 saturated carbocycles. The predicted octanol–water partition coefficient (Wildman–Crippen LogP) is 5.26. The molecule has 1 nitrogen and oxygen atoms in total. The van der Waals surface area contributed by atoms with E-state index in [4.69, 9.17) is 11.6 Å². The highest BCUT2D eigenvalue weighted by Crippen LogP contribution is 2.28. The summed E-state index contributed by atoms with van der Waals surface area (Å²) in [4.78, 5) is 0. The Hall–Kier alpha value is -0.240. The van der Waals surface area contributed by atoms with Gasteiger partial charge in [0, 0.05) is 15.6 Å². The SMILES string of the molecule is OC(Cc1c(F)ccc(Br)c1F)c1ccc(I)c(Cl)c1. The van der Waals surface area contributed by atoms with Gasteiger partial charge in [0.25, 0.3) is 0 Å². The molecule has 0 aliphatic carbocycles. The molecule has 0 amide bonds. The van der Waals surface area contributed by atoms with Gasteiger partial charge in [0.1, 0.15) is 11.6 Å². The number of hydrogen-bond donors (Lipinski definition) is 1. The highest BCUT2D eigenvalue weighted by atomic mass is 127. The third kappa shape index (κ3) is 3.50. The minimum absolute atomic E-state index is 0.151. The van der Waals surface area contributed by atoms with Crippen molar-refractivity contribution in [1.29, 1.82) is 0 Å². The normalized spacial score (nSPS) is 12.5. The highest BCUT2D eigenvalue weighted by molar-refractivity contribution is 14.1. The van der Waals surface area contributed by atoms with Crippen LogP contribution in [0.5, 0.6) is 0 Å². The molecule has 2 aromatic carbocycles. The number of benzene rings is 2. The van der Waals surface area contributed by atoms with Crippen LogP contribution in [0.4, 0.5) is 8.78 Å². The molecular weight excluding hydrogens is 464 g/mol. The zero-order valence-electron chi connectivity index (χ0n) is 10.0. The summed E-state index contributed by atoms with van der Waals surface area (Å²) in [5.74, 6) is -1.37. The molecule has 6 heteroatoms. The molecule has 0 saturated heterocycles. The van der Waals surface area contributed by atoms with Crippen molar-refractivity contribution >= 4 is 50.1 Å². The Morgan fingerprint density at radius 1 is 1.25 bits per heavy atom. The molecule has 0 heterocycles. The van der Waals surface area contributed by atoms with Gasteiger partial charge >= 0.3 is 0 Å². The monoisotopic (exact) mass is 472 g/mol. The molecule has 20 heavy (non-hydrogen) atoms. The Morgan fingerprint density at radius 2 is 1.95 bits per heavy atom. The third-order valence-corrected chi connectivity index (χ3v) is 5.05. The van der Waals surface area contributed by atoms with Crippen molar-refractivity contribution in [1.82, 2.24) is 0 Å². The van der Waals surface area contributed by atoms with Gasteiger partial charge in [-0.15, -0.1) is 0 Å². The van der Waals surface area contributed by atoms with Crippen molar-refractivity contribution in [2.75, 3.05) is 0 Å². The Balaban J connectivity index is 2.30. The van der Waals surface area contributed by atoms with Crippen molar-refractivity contribution in [3.05, 3.63) is 66.2 Å². The van der Waals surface area contributed by atoms with Gasteiger partial charge in [-0.1, -0.05) is 17.7 Å². The topological polar surface area (TPSA) is 20.2 Å². The third-order valence-electron chi connectivity index (χ3n) is 2.86. The van der Waals surface area contributed by atoms with E-state index in [1.807, 2.05) is 0 Å². The lowest BCUT2D eigenvalue weighted by Gasteiger charge is -2.14. The van der Waals surface area contributed by atoms with Crippen molar-refractivity contribution in [3.8, 4) is 0 Å². The Labute approximate surface area is 142 Å². The van der Waals surface area contributed by atoms with Gasteiger partial charge in [0.2, 0.25) is 0 Å². The molecule has 1 N–H and O–H groups in total. The average molecular weight is 473 g/mol. The summed E-state index contributed by atoms with van der Waals surface area (Å²) in [6.07, 6.45) is -1.18. The summed E-state index contributed by atoms with van der Waals surface area (Å²) in [5, 5.41) is 10.6. The summed E-state index contributed by atoms with van der Waals surface area (Å²) >= 11 is 11.0. The Kier molecular flexibility index (Phi) is 5.39. The summed E-state index contributed by atoms with van der Waals surface area (Å²) in [6.45, 7) is 0. The summed E-state index contributed by atoms with van der Waals surface area (Å²) in [6, 6.07) is 7.49. The average Bonchev–Trinajstić information content (AvgIpc) is 2.42. The quantitative estimate of drug-likeness (QED) is 0.476. The second kappa shape index (κ2) is 6.68. The van der Waals surface area contributed by atoms with Crippen LogP contribution in [-0.4, -0.2) is 5.11 Å². The van der Waals surface area contributed by atoms with Crippen molar-refractivity contribution in [3.63, 3.8) is 0 Å². The molecular formula is C14H9BrClF2IO. The number of aliphatic hydroxyl groups is 1. The van der Waals surface area contributed by atoms with Gasteiger partial charge < -0.3 is 5.11 Å². The molecule has 0 aromatic heterocycles.